The summed E-state index contributed by atoms with van der Waals surface area (Å²) in [6.45, 7) is 0. The summed E-state index contributed by atoms with van der Waals surface area (Å²) in [7, 11) is 0. The second-order valence-electron chi connectivity index (χ2n) is 4.39. The molecule has 3 N–H and O–H groups in total. The first kappa shape index (κ1) is 12.3. The number of imide groups is 1. The Labute approximate surface area is 104 Å². The zero-order valence-corrected chi connectivity index (χ0v) is 9.81. The minimum atomic E-state index is -0.407. The van der Waals surface area contributed by atoms with Gasteiger partial charge in [-0.1, -0.05) is 24.3 Å². The number of benzene rings is 1. The third-order valence-corrected chi connectivity index (χ3v) is 2.97. The molecule has 1 aromatic carbocycles. The minimum absolute atomic E-state index is 0.154. The van der Waals surface area contributed by atoms with Crippen molar-refractivity contribution in [3.05, 3.63) is 35.4 Å². The molecule has 1 aliphatic heterocycles. The highest BCUT2D eigenvalue weighted by Crippen LogP contribution is 2.25. The van der Waals surface area contributed by atoms with Crippen LogP contribution in [-0.4, -0.2) is 17.7 Å². The van der Waals surface area contributed by atoms with Crippen molar-refractivity contribution in [1.29, 1.82) is 0 Å². The molecule has 0 radical (unpaired) electrons. The number of hydrogen-bond acceptors (Lipinski definition) is 3. The summed E-state index contributed by atoms with van der Waals surface area (Å²) in [5.74, 6) is -1.24. The Bertz CT molecular complexity index is 511. The van der Waals surface area contributed by atoms with E-state index in [-0.39, 0.29) is 24.2 Å². The Kier molecular flexibility index (Phi) is 3.41. The lowest BCUT2D eigenvalue weighted by atomic mass is 9.89. The topological polar surface area (TPSA) is 89.3 Å². The van der Waals surface area contributed by atoms with Gasteiger partial charge >= 0.3 is 0 Å². The van der Waals surface area contributed by atoms with Gasteiger partial charge in [-0.15, -0.1) is 0 Å². The van der Waals surface area contributed by atoms with Crippen LogP contribution < -0.4 is 11.1 Å². The van der Waals surface area contributed by atoms with E-state index < -0.39 is 5.91 Å². The Hall–Kier alpha value is -2.17. The standard InChI is InChI=1S/C13H14N2O3/c14-11(16)7-8-2-1-3-9(6-8)10-4-5-12(17)15-13(10)18/h1-3,6,10H,4-5,7H2,(H2,14,16)(H,15,17,18). The fraction of sp³-hybridized carbons (Fsp3) is 0.308. The van der Waals surface area contributed by atoms with E-state index in [4.69, 9.17) is 5.73 Å². The number of nitrogens with two attached hydrogens (primary N) is 1. The van der Waals surface area contributed by atoms with Gasteiger partial charge in [-0.25, -0.2) is 0 Å². The summed E-state index contributed by atoms with van der Waals surface area (Å²) >= 11 is 0. The molecule has 1 atom stereocenters. The summed E-state index contributed by atoms with van der Waals surface area (Å²) in [6, 6.07) is 7.20. The number of nitrogens with one attached hydrogen (secondary N) is 1. The molecule has 3 amide bonds. The Balaban J connectivity index is 2.20. The molecule has 0 spiro atoms. The molecule has 94 valence electrons. The van der Waals surface area contributed by atoms with Gasteiger partial charge in [0.25, 0.3) is 0 Å². The summed E-state index contributed by atoms with van der Waals surface area (Å²) in [5.41, 5.74) is 6.74. The highest BCUT2D eigenvalue weighted by atomic mass is 16.2. The maximum Gasteiger partial charge on any atom is 0.234 e. The zero-order chi connectivity index (χ0) is 13.1. The molecule has 1 aromatic rings. The lowest BCUT2D eigenvalue weighted by Gasteiger charge is -2.21. The van der Waals surface area contributed by atoms with Crippen molar-refractivity contribution >= 4 is 17.7 Å². The smallest absolute Gasteiger partial charge is 0.234 e. The number of hydrogen-bond donors (Lipinski definition) is 2. The molecule has 1 aliphatic rings. The van der Waals surface area contributed by atoms with Crippen LogP contribution in [0.25, 0.3) is 0 Å². The number of piperidine rings is 1. The van der Waals surface area contributed by atoms with Gasteiger partial charge in [0, 0.05) is 6.42 Å². The molecule has 1 fully saturated rings. The second-order valence-corrected chi connectivity index (χ2v) is 4.39. The van der Waals surface area contributed by atoms with Crippen molar-refractivity contribution in [2.75, 3.05) is 0 Å². The van der Waals surface area contributed by atoms with Crippen LogP contribution in [-0.2, 0) is 20.8 Å². The van der Waals surface area contributed by atoms with Crippen molar-refractivity contribution in [2.45, 2.75) is 25.2 Å². The fourth-order valence-corrected chi connectivity index (χ4v) is 2.13. The molecule has 18 heavy (non-hydrogen) atoms. The third-order valence-electron chi connectivity index (χ3n) is 2.97. The predicted molar refractivity (Wildman–Crippen MR) is 64.5 cm³/mol. The van der Waals surface area contributed by atoms with E-state index in [1.54, 1.807) is 18.2 Å². The van der Waals surface area contributed by atoms with Gasteiger partial charge in [-0.3, -0.25) is 19.7 Å². The first-order valence-electron chi connectivity index (χ1n) is 5.77. The van der Waals surface area contributed by atoms with Crippen molar-refractivity contribution in [2.24, 2.45) is 5.73 Å². The van der Waals surface area contributed by atoms with Crippen LogP contribution in [0.15, 0.2) is 24.3 Å². The third kappa shape index (κ3) is 2.74. The van der Waals surface area contributed by atoms with Gasteiger partial charge in [-0.2, -0.15) is 0 Å². The molecule has 0 bridgehead atoms. The zero-order valence-electron chi connectivity index (χ0n) is 9.81. The number of rotatable bonds is 3. The van der Waals surface area contributed by atoms with Crippen molar-refractivity contribution in [1.82, 2.24) is 5.32 Å². The number of amides is 3. The molecule has 2 rings (SSSR count). The lowest BCUT2D eigenvalue weighted by Crippen LogP contribution is -2.39. The van der Waals surface area contributed by atoms with Crippen LogP contribution in [0.4, 0.5) is 0 Å². The SMILES string of the molecule is NC(=O)Cc1cccc(C2CCC(=O)NC2=O)c1. The van der Waals surface area contributed by atoms with E-state index in [0.29, 0.717) is 12.8 Å². The van der Waals surface area contributed by atoms with Crippen LogP contribution in [0.3, 0.4) is 0 Å². The first-order chi connectivity index (χ1) is 8.56. The van der Waals surface area contributed by atoms with Crippen LogP contribution in [0.1, 0.15) is 29.9 Å². The van der Waals surface area contributed by atoms with Gasteiger partial charge in [0.1, 0.15) is 0 Å². The van der Waals surface area contributed by atoms with Crippen LogP contribution in [0, 0.1) is 0 Å². The molecule has 1 unspecified atom stereocenters. The summed E-state index contributed by atoms with van der Waals surface area (Å²) in [5, 5.41) is 2.32. The van der Waals surface area contributed by atoms with E-state index in [9.17, 15) is 14.4 Å². The maximum atomic E-state index is 11.7. The van der Waals surface area contributed by atoms with E-state index in [2.05, 4.69) is 5.32 Å². The predicted octanol–water partition coefficient (Wildman–Crippen LogP) is 0.235. The van der Waals surface area contributed by atoms with E-state index >= 15 is 0 Å². The summed E-state index contributed by atoms with van der Waals surface area (Å²) in [4.78, 5) is 33.6. The Morgan fingerprint density at radius 1 is 1.39 bits per heavy atom. The monoisotopic (exact) mass is 246 g/mol. The largest absolute Gasteiger partial charge is 0.369 e. The molecular formula is C13H14N2O3. The average Bonchev–Trinajstić information content (AvgIpc) is 2.28. The molecule has 0 aliphatic carbocycles. The normalized spacial score (nSPS) is 19.4. The van der Waals surface area contributed by atoms with Gasteiger partial charge in [0.05, 0.1) is 12.3 Å². The highest BCUT2D eigenvalue weighted by molar-refractivity contribution is 6.00. The molecule has 5 heteroatoms. The van der Waals surface area contributed by atoms with Gasteiger partial charge in [0.2, 0.25) is 17.7 Å². The fourth-order valence-electron chi connectivity index (χ4n) is 2.13. The number of carbonyl (C=O) groups is 3. The van der Waals surface area contributed by atoms with Crippen LogP contribution in [0.2, 0.25) is 0 Å². The van der Waals surface area contributed by atoms with Crippen molar-refractivity contribution < 1.29 is 14.4 Å². The average molecular weight is 246 g/mol. The minimum Gasteiger partial charge on any atom is -0.369 e. The van der Waals surface area contributed by atoms with E-state index in [1.165, 1.54) is 0 Å². The quantitative estimate of drug-likeness (QED) is 0.748. The van der Waals surface area contributed by atoms with Crippen LogP contribution >= 0.6 is 0 Å². The lowest BCUT2D eigenvalue weighted by molar-refractivity contribution is -0.134. The molecule has 1 heterocycles. The number of primary amides is 1. The summed E-state index contributed by atoms with van der Waals surface area (Å²) < 4.78 is 0. The maximum absolute atomic E-state index is 11.7. The number of carbonyl (C=O) groups excluding carboxylic acids is 3. The first-order valence-corrected chi connectivity index (χ1v) is 5.77. The van der Waals surface area contributed by atoms with Gasteiger partial charge in [-0.05, 0) is 17.5 Å². The second kappa shape index (κ2) is 5.00. The molecule has 0 aromatic heterocycles. The molecule has 5 nitrogen and oxygen atoms in total. The van der Waals surface area contributed by atoms with Crippen LogP contribution in [0.5, 0.6) is 0 Å². The van der Waals surface area contributed by atoms with Gasteiger partial charge in [0.15, 0.2) is 0 Å². The Morgan fingerprint density at radius 3 is 2.83 bits per heavy atom. The Morgan fingerprint density at radius 2 is 2.17 bits per heavy atom. The van der Waals surface area contributed by atoms with Crippen molar-refractivity contribution in [3.63, 3.8) is 0 Å². The summed E-state index contributed by atoms with van der Waals surface area (Å²) in [6.07, 6.45) is 1.00. The molecule has 1 saturated heterocycles. The van der Waals surface area contributed by atoms with E-state index in [1.807, 2.05) is 6.07 Å². The van der Waals surface area contributed by atoms with Gasteiger partial charge < -0.3 is 5.73 Å². The highest BCUT2D eigenvalue weighted by Gasteiger charge is 2.27. The van der Waals surface area contributed by atoms with E-state index in [0.717, 1.165) is 11.1 Å². The van der Waals surface area contributed by atoms with Crippen molar-refractivity contribution in [3.8, 4) is 0 Å². The molecular weight excluding hydrogens is 232 g/mol. The molecule has 0 saturated carbocycles.